The summed E-state index contributed by atoms with van der Waals surface area (Å²) in [6.07, 6.45) is 1.71. The van der Waals surface area contributed by atoms with Gasteiger partial charge >= 0.3 is 0 Å². The van der Waals surface area contributed by atoms with E-state index in [0.717, 1.165) is 11.3 Å². The highest BCUT2D eigenvalue weighted by Gasteiger charge is 1.99. The first kappa shape index (κ1) is 12.3. The molecule has 0 spiro atoms. The van der Waals surface area contributed by atoms with Crippen LogP contribution in [0.5, 0.6) is 0 Å². The molecule has 1 aromatic heterocycles. The molecule has 0 atom stereocenters. The van der Waals surface area contributed by atoms with Crippen LogP contribution in [0, 0.1) is 6.92 Å². The topological polar surface area (TPSA) is 49.0 Å². The van der Waals surface area contributed by atoms with Crippen molar-refractivity contribution in [3.05, 3.63) is 54.2 Å². The first-order chi connectivity index (χ1) is 8.75. The molecule has 3 N–H and O–H groups in total. The Bertz CT molecular complexity index is 528. The van der Waals surface area contributed by atoms with E-state index in [1.54, 1.807) is 6.20 Å². The van der Waals surface area contributed by atoms with Gasteiger partial charge in [-0.25, -0.2) is 4.98 Å². The lowest BCUT2D eigenvalue weighted by Crippen LogP contribution is -2.33. The Morgan fingerprint density at radius 1 is 1.11 bits per heavy atom. The van der Waals surface area contributed by atoms with Crippen molar-refractivity contribution in [2.75, 3.05) is 10.7 Å². The normalized spacial score (nSPS) is 9.61. The number of aromatic nitrogens is 1. The highest BCUT2D eigenvalue weighted by molar-refractivity contribution is 7.80. The highest BCUT2D eigenvalue weighted by atomic mass is 32.1. The van der Waals surface area contributed by atoms with Crippen molar-refractivity contribution in [1.29, 1.82) is 0 Å². The summed E-state index contributed by atoms with van der Waals surface area (Å²) >= 11 is 5.18. The molecule has 2 aromatic rings. The number of aryl methyl sites for hydroxylation is 1. The van der Waals surface area contributed by atoms with Crippen molar-refractivity contribution in [2.24, 2.45) is 0 Å². The zero-order chi connectivity index (χ0) is 12.8. The summed E-state index contributed by atoms with van der Waals surface area (Å²) in [6.45, 7) is 2.02. The third-order valence-electron chi connectivity index (χ3n) is 2.36. The van der Waals surface area contributed by atoms with Crippen molar-refractivity contribution >= 4 is 28.8 Å². The van der Waals surface area contributed by atoms with Gasteiger partial charge in [-0.05, 0) is 42.9 Å². The number of hydrogen-bond acceptors (Lipinski definition) is 3. The fourth-order valence-corrected chi connectivity index (χ4v) is 1.59. The summed E-state index contributed by atoms with van der Waals surface area (Å²) in [4.78, 5) is 4.11. The number of para-hydroxylation sites is 1. The van der Waals surface area contributed by atoms with Crippen molar-refractivity contribution in [2.45, 2.75) is 6.92 Å². The lowest BCUT2D eigenvalue weighted by Gasteiger charge is -2.13. The van der Waals surface area contributed by atoms with Crippen LogP contribution in [-0.4, -0.2) is 10.1 Å². The van der Waals surface area contributed by atoms with Crippen LogP contribution in [0.1, 0.15) is 5.56 Å². The Balaban J connectivity index is 1.88. The Kier molecular flexibility index (Phi) is 4.09. The largest absolute Gasteiger partial charge is 0.331 e. The summed E-state index contributed by atoms with van der Waals surface area (Å²) in [5, 5.41) is 3.61. The molecule has 5 heteroatoms. The second kappa shape index (κ2) is 5.97. The molecule has 18 heavy (non-hydrogen) atoms. The van der Waals surface area contributed by atoms with Gasteiger partial charge in [-0.15, -0.1) is 0 Å². The van der Waals surface area contributed by atoms with Crippen molar-refractivity contribution in [1.82, 2.24) is 10.4 Å². The molecule has 1 heterocycles. The molecule has 0 radical (unpaired) electrons. The number of nitrogens with zero attached hydrogens (tertiary/aromatic N) is 1. The highest BCUT2D eigenvalue weighted by Crippen LogP contribution is 2.12. The number of benzene rings is 1. The molecule has 1 aromatic carbocycles. The lowest BCUT2D eigenvalue weighted by molar-refractivity contribution is 1.09. The summed E-state index contributed by atoms with van der Waals surface area (Å²) in [5.74, 6) is 0.714. The van der Waals surface area contributed by atoms with Gasteiger partial charge in [0.05, 0.1) is 0 Å². The lowest BCUT2D eigenvalue weighted by atomic mass is 10.2. The number of pyridine rings is 1. The first-order valence-corrected chi connectivity index (χ1v) is 5.96. The molecular weight excluding hydrogens is 244 g/mol. The minimum atomic E-state index is 0.495. The van der Waals surface area contributed by atoms with Gasteiger partial charge < -0.3 is 5.32 Å². The molecule has 0 fully saturated rings. The van der Waals surface area contributed by atoms with Gasteiger partial charge in [-0.1, -0.05) is 24.3 Å². The van der Waals surface area contributed by atoms with Crippen LogP contribution in [0.25, 0.3) is 0 Å². The molecule has 2 rings (SSSR count). The van der Waals surface area contributed by atoms with Crippen LogP contribution in [-0.2, 0) is 0 Å². The van der Waals surface area contributed by atoms with E-state index >= 15 is 0 Å². The molecule has 0 saturated heterocycles. The maximum atomic E-state index is 5.18. The smallest absolute Gasteiger partial charge is 0.189 e. The van der Waals surface area contributed by atoms with E-state index in [-0.39, 0.29) is 0 Å². The van der Waals surface area contributed by atoms with Gasteiger partial charge in [0.15, 0.2) is 5.11 Å². The monoisotopic (exact) mass is 258 g/mol. The number of anilines is 2. The summed E-state index contributed by atoms with van der Waals surface area (Å²) in [7, 11) is 0. The number of hydrazine groups is 1. The number of hydrogen-bond donors (Lipinski definition) is 3. The van der Waals surface area contributed by atoms with E-state index in [0.29, 0.717) is 10.9 Å². The van der Waals surface area contributed by atoms with E-state index in [4.69, 9.17) is 12.2 Å². The second-order valence-corrected chi connectivity index (χ2v) is 4.14. The van der Waals surface area contributed by atoms with Crippen LogP contribution in [0.15, 0.2) is 48.7 Å². The quantitative estimate of drug-likeness (QED) is 0.584. The van der Waals surface area contributed by atoms with Gasteiger partial charge in [0, 0.05) is 11.9 Å². The van der Waals surface area contributed by atoms with E-state index in [9.17, 15) is 0 Å². The second-order valence-electron chi connectivity index (χ2n) is 3.73. The molecule has 0 amide bonds. The summed E-state index contributed by atoms with van der Waals surface area (Å²) in [5.41, 5.74) is 7.92. The zero-order valence-corrected chi connectivity index (χ0v) is 10.8. The van der Waals surface area contributed by atoms with Gasteiger partial charge in [0.2, 0.25) is 0 Å². The molecule has 4 nitrogen and oxygen atoms in total. The number of rotatable bonds is 3. The standard InChI is InChI=1S/C13H14N4S/c1-10-6-2-3-7-11(10)15-13(18)17-16-12-8-4-5-9-14-12/h2-9H,1H3,(H,14,16)(H2,15,17,18). The third kappa shape index (κ3) is 3.43. The third-order valence-corrected chi connectivity index (χ3v) is 2.57. The van der Waals surface area contributed by atoms with Crippen molar-refractivity contribution in [3.63, 3.8) is 0 Å². The number of nitrogens with one attached hydrogen (secondary N) is 3. The summed E-state index contributed by atoms with van der Waals surface area (Å²) in [6, 6.07) is 13.6. The first-order valence-electron chi connectivity index (χ1n) is 5.55. The van der Waals surface area contributed by atoms with Crippen molar-refractivity contribution < 1.29 is 0 Å². The molecule has 92 valence electrons. The molecule has 0 bridgehead atoms. The molecule has 0 aliphatic heterocycles. The Morgan fingerprint density at radius 2 is 1.89 bits per heavy atom. The predicted octanol–water partition coefficient (Wildman–Crippen LogP) is 2.70. The zero-order valence-electron chi connectivity index (χ0n) is 9.97. The van der Waals surface area contributed by atoms with Gasteiger partial charge in [0.1, 0.15) is 5.82 Å². The summed E-state index contributed by atoms with van der Waals surface area (Å²) < 4.78 is 0. The Hall–Kier alpha value is -2.14. The molecular formula is C13H14N4S. The van der Waals surface area contributed by atoms with Crippen LogP contribution in [0.4, 0.5) is 11.5 Å². The SMILES string of the molecule is Cc1ccccc1NC(=S)NNc1ccccn1. The van der Waals surface area contributed by atoms with E-state index in [1.165, 1.54) is 0 Å². The van der Waals surface area contributed by atoms with Crippen molar-refractivity contribution in [3.8, 4) is 0 Å². The van der Waals surface area contributed by atoms with Gasteiger partial charge in [-0.2, -0.15) is 0 Å². The molecule has 0 unspecified atom stereocenters. The molecule has 0 saturated carbocycles. The Morgan fingerprint density at radius 3 is 2.61 bits per heavy atom. The van der Waals surface area contributed by atoms with E-state index < -0.39 is 0 Å². The average molecular weight is 258 g/mol. The number of thiocarbonyl (C=S) groups is 1. The maximum Gasteiger partial charge on any atom is 0.189 e. The van der Waals surface area contributed by atoms with Crippen LogP contribution in [0.2, 0.25) is 0 Å². The molecule has 0 aliphatic rings. The van der Waals surface area contributed by atoms with Crippen LogP contribution >= 0.6 is 12.2 Å². The van der Waals surface area contributed by atoms with E-state index in [2.05, 4.69) is 21.2 Å². The average Bonchev–Trinajstić information content (AvgIpc) is 2.40. The van der Waals surface area contributed by atoms with Crippen LogP contribution in [0.3, 0.4) is 0 Å². The maximum absolute atomic E-state index is 5.18. The van der Waals surface area contributed by atoms with Gasteiger partial charge in [0.25, 0.3) is 0 Å². The molecule has 0 aliphatic carbocycles. The van der Waals surface area contributed by atoms with E-state index in [1.807, 2.05) is 49.4 Å². The van der Waals surface area contributed by atoms with Gasteiger partial charge in [-0.3, -0.25) is 10.9 Å². The Labute approximate surface area is 111 Å². The predicted molar refractivity (Wildman–Crippen MR) is 78.4 cm³/mol. The minimum absolute atomic E-state index is 0.495. The fraction of sp³-hybridized carbons (Fsp3) is 0.0769. The fourth-order valence-electron chi connectivity index (χ4n) is 1.42. The minimum Gasteiger partial charge on any atom is -0.331 e. The van der Waals surface area contributed by atoms with Crippen LogP contribution < -0.4 is 16.2 Å².